The number of hydrogen-bond donors (Lipinski definition) is 2. The molecule has 3 N–H and O–H groups in total. The molecular weight excluding hydrogens is 404 g/mol. The van der Waals surface area contributed by atoms with E-state index in [4.69, 9.17) is 19.9 Å². The summed E-state index contributed by atoms with van der Waals surface area (Å²) in [6.45, 7) is 2.81. The van der Waals surface area contributed by atoms with E-state index in [1.165, 1.54) is 25.5 Å². The van der Waals surface area contributed by atoms with Crippen LogP contribution in [0, 0.1) is 5.92 Å². The van der Waals surface area contributed by atoms with E-state index in [9.17, 15) is 19.2 Å². The molecule has 1 fully saturated rings. The third-order valence-electron chi connectivity index (χ3n) is 4.61. The van der Waals surface area contributed by atoms with Crippen molar-refractivity contribution in [2.45, 2.75) is 45.1 Å². The number of anilines is 1. The van der Waals surface area contributed by atoms with Gasteiger partial charge < -0.3 is 24.7 Å². The number of esters is 1. The van der Waals surface area contributed by atoms with E-state index in [-0.39, 0.29) is 41.0 Å². The van der Waals surface area contributed by atoms with Gasteiger partial charge in [-0.25, -0.2) is 0 Å². The lowest BCUT2D eigenvalue weighted by atomic mass is 9.95. The van der Waals surface area contributed by atoms with Crippen LogP contribution in [0.15, 0.2) is 9.59 Å². The first-order chi connectivity index (χ1) is 13.7. The van der Waals surface area contributed by atoms with Gasteiger partial charge in [0.1, 0.15) is 16.7 Å². The number of ketones is 1. The number of hydrogen-bond acceptors (Lipinski definition) is 10. The van der Waals surface area contributed by atoms with Gasteiger partial charge in [-0.15, -0.1) is 0 Å². The van der Waals surface area contributed by atoms with E-state index in [0.29, 0.717) is 6.42 Å². The zero-order valence-corrected chi connectivity index (χ0v) is 17.0. The number of methoxy groups -OCH3 is 1. The number of nitrogens with two attached hydrogens (primary N) is 1. The molecule has 2 aromatic heterocycles. The van der Waals surface area contributed by atoms with Crippen molar-refractivity contribution < 1.29 is 23.8 Å². The minimum Gasteiger partial charge on any atom is -0.457 e. The largest absolute Gasteiger partial charge is 0.457 e. The molecule has 0 aliphatic carbocycles. The molecule has 1 aliphatic rings. The number of aromatic amines is 1. The number of Topliss-reactive ketones (excluding diaryl/α,β-unsaturated/α-hetero) is 1. The molecule has 0 radical (unpaired) electrons. The maximum absolute atomic E-state index is 12.7. The molecule has 0 aromatic carbocycles. The van der Waals surface area contributed by atoms with Crippen LogP contribution >= 0.6 is 11.3 Å². The first kappa shape index (κ1) is 21.1. The molecule has 4 atom stereocenters. The highest BCUT2D eigenvalue weighted by atomic mass is 32.1. The van der Waals surface area contributed by atoms with Gasteiger partial charge >= 0.3 is 10.8 Å². The van der Waals surface area contributed by atoms with Gasteiger partial charge in [-0.3, -0.25) is 23.9 Å². The number of nitrogen functional groups attached to an aromatic ring is 1. The van der Waals surface area contributed by atoms with Crippen LogP contribution in [0.1, 0.15) is 32.9 Å². The van der Waals surface area contributed by atoms with Crippen molar-refractivity contribution >= 4 is 39.4 Å². The van der Waals surface area contributed by atoms with E-state index < -0.39 is 34.8 Å². The third kappa shape index (κ3) is 4.38. The molecule has 11 nitrogen and oxygen atoms in total. The van der Waals surface area contributed by atoms with Crippen LogP contribution in [0.2, 0.25) is 0 Å². The second-order valence-electron chi connectivity index (χ2n) is 6.91. The molecule has 0 bridgehead atoms. The van der Waals surface area contributed by atoms with E-state index >= 15 is 0 Å². The van der Waals surface area contributed by atoms with E-state index in [0.717, 1.165) is 11.3 Å². The molecule has 0 spiro atoms. The molecule has 1 saturated heterocycles. The molecule has 0 saturated carbocycles. The van der Waals surface area contributed by atoms with Gasteiger partial charge in [-0.05, 0) is 13.3 Å². The predicted molar refractivity (Wildman–Crippen MR) is 104 cm³/mol. The van der Waals surface area contributed by atoms with Gasteiger partial charge in [0, 0.05) is 26.4 Å². The van der Waals surface area contributed by atoms with Crippen molar-refractivity contribution in [3.8, 4) is 0 Å². The van der Waals surface area contributed by atoms with Gasteiger partial charge in [-0.2, -0.15) is 4.98 Å². The number of rotatable bonds is 7. The van der Waals surface area contributed by atoms with E-state index in [2.05, 4.69) is 9.97 Å². The summed E-state index contributed by atoms with van der Waals surface area (Å²) in [5.41, 5.74) is 5.21. The molecule has 158 valence electrons. The lowest BCUT2D eigenvalue weighted by Gasteiger charge is -2.23. The molecule has 3 heterocycles. The molecule has 0 amide bonds. The molecular formula is C17H22N4O7S. The van der Waals surface area contributed by atoms with E-state index in [1.54, 1.807) is 0 Å². The van der Waals surface area contributed by atoms with Crippen molar-refractivity contribution in [3.63, 3.8) is 0 Å². The van der Waals surface area contributed by atoms with E-state index in [1.807, 2.05) is 0 Å². The topological polar surface area (TPSA) is 156 Å². The Labute approximate surface area is 168 Å². The molecule has 1 unspecified atom stereocenters. The van der Waals surface area contributed by atoms with Crippen LogP contribution in [0.4, 0.5) is 5.95 Å². The van der Waals surface area contributed by atoms with Crippen LogP contribution in [0.5, 0.6) is 0 Å². The summed E-state index contributed by atoms with van der Waals surface area (Å²) < 4.78 is 17.9. The summed E-state index contributed by atoms with van der Waals surface area (Å²) in [5, 5.41) is 0. The fraction of sp³-hybridized carbons (Fsp3) is 0.588. The highest BCUT2D eigenvalue weighted by Gasteiger charge is 2.43. The SMILES string of the molecule is COCC(OC(C)=O)[C@@H]1C[C@@H](CC(C)=O)[C@H](n2c(=O)sc3c(=O)[nH]c(N)nc32)O1. The Morgan fingerprint density at radius 2 is 2.14 bits per heavy atom. The maximum Gasteiger partial charge on any atom is 0.311 e. The van der Waals surface area contributed by atoms with Crippen molar-refractivity contribution in [1.82, 2.24) is 14.5 Å². The predicted octanol–water partition coefficient (Wildman–Crippen LogP) is 0.189. The molecule has 3 rings (SSSR count). The number of fused-ring (bicyclic) bond motifs is 1. The second kappa shape index (κ2) is 8.43. The van der Waals surface area contributed by atoms with Crippen LogP contribution < -0.4 is 16.2 Å². The number of H-pyrrole nitrogens is 1. The smallest absolute Gasteiger partial charge is 0.311 e. The highest BCUT2D eigenvalue weighted by molar-refractivity contribution is 7.16. The van der Waals surface area contributed by atoms with Gasteiger partial charge in [0.15, 0.2) is 11.8 Å². The Bertz CT molecular complexity index is 1040. The fourth-order valence-corrected chi connectivity index (χ4v) is 4.43. The lowest BCUT2D eigenvalue weighted by Crippen LogP contribution is -2.35. The maximum atomic E-state index is 12.7. The quantitative estimate of drug-likeness (QED) is 0.590. The minimum atomic E-state index is -0.867. The second-order valence-corrected chi connectivity index (χ2v) is 7.87. The highest BCUT2D eigenvalue weighted by Crippen LogP contribution is 2.39. The fourth-order valence-electron chi connectivity index (χ4n) is 3.59. The average Bonchev–Trinajstić information content (AvgIpc) is 3.14. The minimum absolute atomic E-state index is 0.0852. The zero-order chi connectivity index (χ0) is 21.3. The Morgan fingerprint density at radius 3 is 2.76 bits per heavy atom. The molecule has 29 heavy (non-hydrogen) atoms. The Hall–Kier alpha value is -2.57. The Kier molecular flexibility index (Phi) is 6.15. The number of thiazole rings is 1. The van der Waals surface area contributed by atoms with Gasteiger partial charge in [0.2, 0.25) is 5.95 Å². The lowest BCUT2D eigenvalue weighted by molar-refractivity contribution is -0.161. The van der Waals surface area contributed by atoms with Crippen molar-refractivity contribution in [1.29, 1.82) is 0 Å². The van der Waals surface area contributed by atoms with Crippen LogP contribution in [-0.2, 0) is 23.8 Å². The number of ether oxygens (including phenoxy) is 3. The summed E-state index contributed by atoms with van der Waals surface area (Å²) in [6, 6.07) is 0. The summed E-state index contributed by atoms with van der Waals surface area (Å²) in [4.78, 5) is 54.1. The summed E-state index contributed by atoms with van der Waals surface area (Å²) >= 11 is 0.723. The number of carbonyl (C=O) groups excluding carboxylic acids is 2. The van der Waals surface area contributed by atoms with Crippen LogP contribution in [0.3, 0.4) is 0 Å². The monoisotopic (exact) mass is 426 g/mol. The Balaban J connectivity index is 2.04. The first-order valence-corrected chi connectivity index (χ1v) is 9.74. The van der Waals surface area contributed by atoms with Crippen LogP contribution in [-0.4, -0.2) is 52.2 Å². The van der Waals surface area contributed by atoms with Crippen LogP contribution in [0.25, 0.3) is 10.3 Å². The van der Waals surface area contributed by atoms with Crippen molar-refractivity contribution in [3.05, 3.63) is 20.0 Å². The van der Waals surface area contributed by atoms with Crippen molar-refractivity contribution in [2.24, 2.45) is 5.92 Å². The normalized spacial score (nSPS) is 22.7. The first-order valence-electron chi connectivity index (χ1n) is 8.93. The molecule has 12 heteroatoms. The summed E-state index contributed by atoms with van der Waals surface area (Å²) in [5.74, 6) is -1.10. The summed E-state index contributed by atoms with van der Waals surface area (Å²) in [7, 11) is 1.46. The molecule has 1 aliphatic heterocycles. The number of nitrogens with zero attached hydrogens (tertiary/aromatic N) is 2. The molecule has 2 aromatic rings. The van der Waals surface area contributed by atoms with Gasteiger partial charge in [-0.1, -0.05) is 11.3 Å². The van der Waals surface area contributed by atoms with Gasteiger partial charge in [0.25, 0.3) is 5.56 Å². The zero-order valence-electron chi connectivity index (χ0n) is 16.2. The standard InChI is InChI=1S/C17H22N4O7S/c1-7(22)4-9-5-10(11(6-26-3)27-8(2)23)28-15(9)21-13-12(29-17(21)25)14(24)20-16(18)19-13/h9-11,15H,4-6H2,1-3H3,(H3,18,19,20,24)/t9-,10+,11?,15-/m1/s1. The number of carbonyl (C=O) groups is 2. The van der Waals surface area contributed by atoms with Gasteiger partial charge in [0.05, 0.1) is 12.7 Å². The number of aromatic nitrogens is 3. The van der Waals surface area contributed by atoms with Crippen molar-refractivity contribution in [2.75, 3.05) is 19.5 Å². The third-order valence-corrected chi connectivity index (χ3v) is 5.55. The Morgan fingerprint density at radius 1 is 1.41 bits per heavy atom. The summed E-state index contributed by atoms with van der Waals surface area (Å²) in [6.07, 6.45) is -1.68. The number of nitrogens with one attached hydrogen (secondary N) is 1. The average molecular weight is 426 g/mol.